The predicted molar refractivity (Wildman–Crippen MR) is 179 cm³/mol. The molecule has 0 bridgehead atoms. The number of aromatic nitrogens is 2. The fourth-order valence-electron chi connectivity index (χ4n) is 4.74. The van der Waals surface area contributed by atoms with E-state index in [2.05, 4.69) is 10.3 Å². The monoisotopic (exact) mass is 697 g/mol. The van der Waals surface area contributed by atoms with Crippen molar-refractivity contribution in [3.8, 4) is 5.75 Å². The Morgan fingerprint density at radius 1 is 1.04 bits per heavy atom. The van der Waals surface area contributed by atoms with Gasteiger partial charge in [-0.1, -0.05) is 6.08 Å². The maximum Gasteiger partial charge on any atom is 0.410 e. The lowest BCUT2D eigenvalue weighted by atomic mass is 10.1. The Morgan fingerprint density at radius 3 is 2.54 bits per heavy atom. The summed E-state index contributed by atoms with van der Waals surface area (Å²) in [5, 5.41) is 2.97. The molecule has 12 nitrogen and oxygen atoms in total. The predicted octanol–water partition coefficient (Wildman–Crippen LogP) is 4.82. The standard InChI is InChI=1S/C35H38F3N5O7/c1-41(2)31(44)10-6-5-9-29(50-35(47)42(3)14-15-48-4)33(45)40-28-8-7-13-43(34(28)46)20-26-17-23-16-25(37)19-30(32(23)39-26)49-21-22-11-12-24(36)18-27(22)38/h6-8,10-13,16-19,29,39H,5,9,14-15,20-21H2,1-4H3,(H,40,45)/b10-6+/t29-/m0/s1. The molecule has 4 rings (SSSR count). The van der Waals surface area contributed by atoms with Crippen molar-refractivity contribution in [3.63, 3.8) is 0 Å². The van der Waals surface area contributed by atoms with Crippen molar-refractivity contribution in [2.24, 2.45) is 0 Å². The number of nitrogens with one attached hydrogen (secondary N) is 2. The zero-order valence-electron chi connectivity index (χ0n) is 28.0. The third-order valence-corrected chi connectivity index (χ3v) is 7.50. The van der Waals surface area contributed by atoms with Crippen molar-refractivity contribution in [1.82, 2.24) is 19.4 Å². The van der Waals surface area contributed by atoms with Crippen LogP contribution in [0.4, 0.5) is 23.7 Å². The Kier molecular flexibility index (Phi) is 12.8. The summed E-state index contributed by atoms with van der Waals surface area (Å²) in [7, 11) is 6.16. The number of likely N-dealkylation sites (N-methyl/N-ethyl adjacent to an activating group) is 2. The number of pyridine rings is 1. The van der Waals surface area contributed by atoms with Gasteiger partial charge in [-0.3, -0.25) is 14.4 Å². The fraction of sp³-hybridized carbons (Fsp3) is 0.314. The van der Waals surface area contributed by atoms with Crippen LogP contribution < -0.4 is 15.6 Å². The number of nitrogens with zero attached hydrogens (tertiary/aromatic N) is 3. The van der Waals surface area contributed by atoms with E-state index in [1.165, 1.54) is 59.0 Å². The maximum absolute atomic E-state index is 14.5. The molecule has 0 saturated carbocycles. The van der Waals surface area contributed by atoms with Gasteiger partial charge >= 0.3 is 6.09 Å². The first kappa shape index (κ1) is 37.3. The molecule has 2 N–H and O–H groups in total. The molecular formula is C35H38F3N5O7. The van der Waals surface area contributed by atoms with Gasteiger partial charge < -0.3 is 38.9 Å². The van der Waals surface area contributed by atoms with Crippen LogP contribution >= 0.6 is 0 Å². The molecule has 0 fully saturated rings. The number of rotatable bonds is 15. The zero-order chi connectivity index (χ0) is 36.4. The van der Waals surface area contributed by atoms with Gasteiger partial charge in [0.1, 0.15) is 35.5 Å². The molecule has 15 heteroatoms. The molecule has 0 saturated heterocycles. The van der Waals surface area contributed by atoms with Gasteiger partial charge in [-0.2, -0.15) is 0 Å². The Morgan fingerprint density at radius 2 is 1.82 bits per heavy atom. The van der Waals surface area contributed by atoms with E-state index in [9.17, 15) is 32.3 Å². The lowest BCUT2D eigenvalue weighted by Crippen LogP contribution is -2.39. The van der Waals surface area contributed by atoms with Crippen molar-refractivity contribution in [2.75, 3.05) is 46.7 Å². The van der Waals surface area contributed by atoms with Gasteiger partial charge in [0.2, 0.25) is 5.91 Å². The number of fused-ring (bicyclic) bond motifs is 1. The maximum atomic E-state index is 14.5. The molecule has 1 atom stereocenters. The molecule has 0 spiro atoms. The third-order valence-electron chi connectivity index (χ3n) is 7.50. The van der Waals surface area contributed by atoms with Crippen LogP contribution in [0.25, 0.3) is 10.9 Å². The first-order chi connectivity index (χ1) is 23.9. The molecule has 0 aliphatic rings. The summed E-state index contributed by atoms with van der Waals surface area (Å²) in [5.74, 6) is -3.07. The number of carbonyl (C=O) groups excluding carboxylic acids is 3. The number of H-pyrrole nitrogens is 1. The molecule has 0 aliphatic carbocycles. The van der Waals surface area contributed by atoms with E-state index < -0.39 is 41.1 Å². The van der Waals surface area contributed by atoms with Crippen LogP contribution in [0, 0.1) is 17.5 Å². The van der Waals surface area contributed by atoms with Gasteiger partial charge in [0.05, 0.1) is 18.7 Å². The van der Waals surface area contributed by atoms with Gasteiger partial charge in [0.15, 0.2) is 6.10 Å². The number of methoxy groups -OCH3 is 1. The Bertz CT molecular complexity index is 1920. The van der Waals surface area contributed by atoms with Crippen LogP contribution in [-0.4, -0.2) is 84.8 Å². The number of allylic oxidation sites excluding steroid dienone is 1. The molecular weight excluding hydrogens is 659 g/mol. The van der Waals surface area contributed by atoms with Crippen molar-refractivity contribution in [2.45, 2.75) is 32.1 Å². The number of amides is 3. The van der Waals surface area contributed by atoms with E-state index in [0.717, 1.165) is 18.2 Å². The van der Waals surface area contributed by atoms with Crippen molar-refractivity contribution in [3.05, 3.63) is 106 Å². The van der Waals surface area contributed by atoms with Crippen LogP contribution in [0.2, 0.25) is 0 Å². The van der Waals surface area contributed by atoms with Crippen LogP contribution in [0.15, 0.2) is 71.7 Å². The second-order valence-electron chi connectivity index (χ2n) is 11.5. The summed E-state index contributed by atoms with van der Waals surface area (Å²) in [6.45, 7) is 0.158. The number of halogens is 3. The van der Waals surface area contributed by atoms with Crippen molar-refractivity contribution < 1.29 is 41.8 Å². The number of benzene rings is 2. The SMILES string of the molecule is COCCN(C)C(=O)O[C@@H](CC/C=C/C(=O)N(C)C)C(=O)Nc1cccn(Cc2cc3cc(F)cc(OCc4ccc(F)cc4F)c3[nH]2)c1=O. The van der Waals surface area contributed by atoms with Crippen LogP contribution in [-0.2, 0) is 32.2 Å². The average molecular weight is 698 g/mol. The first-order valence-corrected chi connectivity index (χ1v) is 15.5. The zero-order valence-corrected chi connectivity index (χ0v) is 28.0. The van der Waals surface area contributed by atoms with Gasteiger partial charge in [0, 0.05) is 69.8 Å². The molecule has 3 amide bonds. The Hall–Kier alpha value is -5.57. The molecule has 0 aliphatic heterocycles. The van der Waals surface area contributed by atoms with Crippen molar-refractivity contribution in [1.29, 1.82) is 0 Å². The number of carbonyl (C=O) groups is 3. The summed E-state index contributed by atoms with van der Waals surface area (Å²) in [4.78, 5) is 57.1. The minimum Gasteiger partial charge on any atom is -0.486 e. The van der Waals surface area contributed by atoms with Gasteiger partial charge in [0.25, 0.3) is 11.5 Å². The van der Waals surface area contributed by atoms with Gasteiger partial charge in [-0.15, -0.1) is 0 Å². The molecule has 4 aromatic rings. The minimum absolute atomic E-state index is 0.0156. The quantitative estimate of drug-likeness (QED) is 0.170. The molecule has 50 heavy (non-hydrogen) atoms. The molecule has 2 aromatic heterocycles. The number of anilines is 1. The number of hydrogen-bond donors (Lipinski definition) is 2. The molecule has 0 unspecified atom stereocenters. The van der Waals surface area contributed by atoms with E-state index >= 15 is 0 Å². The average Bonchev–Trinajstić information content (AvgIpc) is 3.48. The number of hydrogen-bond acceptors (Lipinski definition) is 7. The normalized spacial score (nSPS) is 11.8. The highest BCUT2D eigenvalue weighted by Crippen LogP contribution is 2.29. The Labute approximate surface area is 286 Å². The fourth-order valence-corrected chi connectivity index (χ4v) is 4.74. The topological polar surface area (TPSA) is 135 Å². The lowest BCUT2D eigenvalue weighted by molar-refractivity contribution is -0.125. The van der Waals surface area contributed by atoms with E-state index in [0.29, 0.717) is 16.6 Å². The highest BCUT2D eigenvalue weighted by molar-refractivity contribution is 5.95. The molecule has 0 radical (unpaired) electrons. The molecule has 2 aromatic carbocycles. The van der Waals surface area contributed by atoms with Gasteiger partial charge in [-0.25, -0.2) is 18.0 Å². The largest absolute Gasteiger partial charge is 0.486 e. The second-order valence-corrected chi connectivity index (χ2v) is 11.5. The Balaban J connectivity index is 1.50. The second kappa shape index (κ2) is 17.2. The van der Waals surface area contributed by atoms with Crippen LogP contribution in [0.1, 0.15) is 24.1 Å². The van der Waals surface area contributed by atoms with Crippen LogP contribution in [0.5, 0.6) is 5.75 Å². The molecule has 266 valence electrons. The van der Waals surface area contributed by atoms with E-state index in [4.69, 9.17) is 14.2 Å². The van der Waals surface area contributed by atoms with E-state index in [1.807, 2.05) is 0 Å². The summed E-state index contributed by atoms with van der Waals surface area (Å²) >= 11 is 0. The summed E-state index contributed by atoms with van der Waals surface area (Å²) in [6, 6.07) is 10.0. The van der Waals surface area contributed by atoms with Crippen molar-refractivity contribution >= 4 is 34.5 Å². The third kappa shape index (κ3) is 9.98. The smallest absolute Gasteiger partial charge is 0.410 e. The highest BCUT2D eigenvalue weighted by atomic mass is 19.1. The first-order valence-electron chi connectivity index (χ1n) is 15.5. The van der Waals surface area contributed by atoms with E-state index in [-0.39, 0.29) is 62.1 Å². The minimum atomic E-state index is -1.30. The lowest BCUT2D eigenvalue weighted by Gasteiger charge is -2.22. The summed E-state index contributed by atoms with van der Waals surface area (Å²) < 4.78 is 59.3. The summed E-state index contributed by atoms with van der Waals surface area (Å²) in [5.41, 5.74) is 0.290. The number of ether oxygens (including phenoxy) is 3. The van der Waals surface area contributed by atoms with Crippen LogP contribution in [0.3, 0.4) is 0 Å². The number of aromatic amines is 1. The van der Waals surface area contributed by atoms with E-state index in [1.54, 1.807) is 32.3 Å². The molecule has 2 heterocycles. The highest BCUT2D eigenvalue weighted by Gasteiger charge is 2.25. The summed E-state index contributed by atoms with van der Waals surface area (Å²) in [6.07, 6.45) is 2.57. The van der Waals surface area contributed by atoms with Gasteiger partial charge in [-0.05, 0) is 55.3 Å².